The number of amides is 1. The molecule has 0 fully saturated rings. The Morgan fingerprint density at radius 3 is 2.86 bits per heavy atom. The van der Waals surface area contributed by atoms with Crippen LogP contribution in [0.25, 0.3) is 11.1 Å². The first-order valence-corrected chi connectivity index (χ1v) is 7.15. The summed E-state index contributed by atoms with van der Waals surface area (Å²) < 4.78 is 5.67. The highest BCUT2D eigenvalue weighted by Crippen LogP contribution is 2.27. The van der Waals surface area contributed by atoms with Crippen molar-refractivity contribution < 1.29 is 9.21 Å². The van der Waals surface area contributed by atoms with Crippen molar-refractivity contribution >= 4 is 40.3 Å². The molecule has 0 aliphatic heterocycles. The fourth-order valence-electron chi connectivity index (χ4n) is 2.08. The number of rotatable bonds is 4. The summed E-state index contributed by atoms with van der Waals surface area (Å²) in [6.07, 6.45) is 0.306. The van der Waals surface area contributed by atoms with E-state index in [-0.39, 0.29) is 5.91 Å². The Labute approximate surface area is 132 Å². The number of nitrogens with one attached hydrogen (secondary N) is 2. The van der Waals surface area contributed by atoms with Gasteiger partial charge in [0.2, 0.25) is 5.91 Å². The van der Waals surface area contributed by atoms with Gasteiger partial charge in [-0.25, -0.2) is 0 Å². The van der Waals surface area contributed by atoms with E-state index in [1.165, 1.54) is 0 Å². The zero-order valence-corrected chi connectivity index (χ0v) is 12.6. The van der Waals surface area contributed by atoms with Crippen LogP contribution >= 0.6 is 11.6 Å². The highest BCUT2D eigenvalue weighted by molar-refractivity contribution is 6.33. The number of benzene rings is 2. The van der Waals surface area contributed by atoms with Crippen molar-refractivity contribution in [2.24, 2.45) is 0 Å². The van der Waals surface area contributed by atoms with E-state index in [0.717, 1.165) is 16.8 Å². The number of carbonyl (C=O) groups excluding carboxylic acids is 1. The van der Waals surface area contributed by atoms with Crippen LogP contribution in [0.4, 0.5) is 11.7 Å². The molecule has 112 valence electrons. The zero-order chi connectivity index (χ0) is 15.5. The van der Waals surface area contributed by atoms with Gasteiger partial charge in [0.1, 0.15) is 5.52 Å². The minimum Gasteiger partial charge on any atom is -0.423 e. The van der Waals surface area contributed by atoms with Crippen LogP contribution < -0.4 is 10.6 Å². The second-order valence-corrected chi connectivity index (χ2v) is 5.18. The summed E-state index contributed by atoms with van der Waals surface area (Å²) in [6.45, 7) is 0. The predicted octanol–water partition coefficient (Wildman–Crippen LogP) is 3.51. The molecule has 1 aromatic heterocycles. The van der Waals surface area contributed by atoms with Gasteiger partial charge in [-0.15, -0.1) is 0 Å². The van der Waals surface area contributed by atoms with Crippen molar-refractivity contribution in [1.29, 1.82) is 0 Å². The molecule has 1 heterocycles. The second kappa shape index (κ2) is 6.07. The van der Waals surface area contributed by atoms with Crippen molar-refractivity contribution in [3.05, 3.63) is 53.1 Å². The summed E-state index contributed by atoms with van der Waals surface area (Å²) in [6, 6.07) is 13.2. The average molecular weight is 316 g/mol. The number of hydrogen-bond donors (Lipinski definition) is 2. The molecule has 0 spiro atoms. The third-order valence-corrected chi connectivity index (χ3v) is 3.54. The molecule has 0 bridgehead atoms. The van der Waals surface area contributed by atoms with Crippen molar-refractivity contribution in [1.82, 2.24) is 10.3 Å². The number of carbonyl (C=O) groups is 1. The molecule has 0 atom stereocenters. The summed E-state index contributed by atoms with van der Waals surface area (Å²) in [4.78, 5) is 15.8. The maximum Gasteiger partial charge on any atom is 0.300 e. The number of nitrogens with zero attached hydrogens (tertiary/aromatic N) is 1. The maximum atomic E-state index is 11.4. The lowest BCUT2D eigenvalue weighted by atomic mass is 10.1. The number of para-hydroxylation sites is 1. The molecule has 3 rings (SSSR count). The molecule has 2 aromatic carbocycles. The molecule has 6 heteroatoms. The first kappa shape index (κ1) is 14.4. The number of halogens is 1. The largest absolute Gasteiger partial charge is 0.423 e. The van der Waals surface area contributed by atoms with Gasteiger partial charge in [0.15, 0.2) is 5.58 Å². The van der Waals surface area contributed by atoms with E-state index in [4.69, 9.17) is 16.0 Å². The van der Waals surface area contributed by atoms with E-state index in [1.807, 2.05) is 36.4 Å². The van der Waals surface area contributed by atoms with Crippen LogP contribution in [0.3, 0.4) is 0 Å². The predicted molar refractivity (Wildman–Crippen MR) is 86.5 cm³/mol. The molecule has 0 saturated heterocycles. The molecule has 5 nitrogen and oxygen atoms in total. The van der Waals surface area contributed by atoms with Crippen LogP contribution in [0.5, 0.6) is 0 Å². The average Bonchev–Trinajstić information content (AvgIpc) is 2.91. The highest BCUT2D eigenvalue weighted by atomic mass is 35.5. The van der Waals surface area contributed by atoms with Crippen LogP contribution in [0.1, 0.15) is 5.56 Å². The lowest BCUT2D eigenvalue weighted by Gasteiger charge is -2.02. The molecule has 0 radical (unpaired) electrons. The minimum absolute atomic E-state index is 0.0479. The normalized spacial score (nSPS) is 10.6. The van der Waals surface area contributed by atoms with Crippen LogP contribution in [-0.4, -0.2) is 17.9 Å². The summed E-state index contributed by atoms with van der Waals surface area (Å²) in [5.74, 6) is -0.0479. The fourth-order valence-corrected chi connectivity index (χ4v) is 2.27. The smallest absolute Gasteiger partial charge is 0.300 e. The summed E-state index contributed by atoms with van der Waals surface area (Å²) in [5, 5.41) is 6.23. The van der Waals surface area contributed by atoms with E-state index >= 15 is 0 Å². The van der Waals surface area contributed by atoms with Crippen LogP contribution in [-0.2, 0) is 11.2 Å². The van der Waals surface area contributed by atoms with E-state index in [1.54, 1.807) is 13.1 Å². The molecule has 0 unspecified atom stereocenters. The Morgan fingerprint density at radius 2 is 2.09 bits per heavy atom. The van der Waals surface area contributed by atoms with E-state index < -0.39 is 0 Å². The highest BCUT2D eigenvalue weighted by Gasteiger charge is 2.09. The summed E-state index contributed by atoms with van der Waals surface area (Å²) in [7, 11) is 1.61. The SMILES string of the molecule is CNC(=O)Cc1ccc2nc(Nc3ccccc3Cl)oc2c1. The molecule has 2 N–H and O–H groups in total. The molecule has 1 amide bonds. The van der Waals surface area contributed by atoms with Gasteiger partial charge in [-0.2, -0.15) is 4.98 Å². The standard InChI is InChI=1S/C16H14ClN3O2/c1-18-15(21)9-10-6-7-13-14(8-10)22-16(20-13)19-12-5-3-2-4-11(12)17/h2-8H,9H2,1H3,(H,18,21)(H,19,20). The van der Waals surface area contributed by atoms with Gasteiger partial charge in [-0.1, -0.05) is 29.8 Å². The monoisotopic (exact) mass is 315 g/mol. The lowest BCUT2D eigenvalue weighted by Crippen LogP contribution is -2.19. The second-order valence-electron chi connectivity index (χ2n) is 4.78. The van der Waals surface area contributed by atoms with Crippen LogP contribution in [0.2, 0.25) is 5.02 Å². The van der Waals surface area contributed by atoms with Gasteiger partial charge < -0.3 is 15.1 Å². The van der Waals surface area contributed by atoms with Crippen LogP contribution in [0, 0.1) is 0 Å². The summed E-state index contributed by atoms with van der Waals surface area (Å²) in [5.41, 5.74) is 2.93. The minimum atomic E-state index is -0.0479. The van der Waals surface area contributed by atoms with E-state index in [2.05, 4.69) is 15.6 Å². The maximum absolute atomic E-state index is 11.4. The summed E-state index contributed by atoms with van der Waals surface area (Å²) >= 11 is 6.09. The Hall–Kier alpha value is -2.53. The molecule has 0 saturated carbocycles. The first-order valence-electron chi connectivity index (χ1n) is 6.77. The fraction of sp³-hybridized carbons (Fsp3) is 0.125. The van der Waals surface area contributed by atoms with Gasteiger partial charge >= 0.3 is 0 Å². The third kappa shape index (κ3) is 3.04. The van der Waals surface area contributed by atoms with Gasteiger partial charge in [0, 0.05) is 7.05 Å². The molecular formula is C16H14ClN3O2. The van der Waals surface area contributed by atoms with Crippen molar-refractivity contribution in [3.8, 4) is 0 Å². The molecule has 22 heavy (non-hydrogen) atoms. The molecular weight excluding hydrogens is 302 g/mol. The Kier molecular flexibility index (Phi) is 3.98. The van der Waals surface area contributed by atoms with Crippen molar-refractivity contribution in [3.63, 3.8) is 0 Å². The van der Waals surface area contributed by atoms with Gasteiger partial charge in [-0.05, 0) is 29.8 Å². The lowest BCUT2D eigenvalue weighted by molar-refractivity contribution is -0.119. The number of fused-ring (bicyclic) bond motifs is 1. The number of hydrogen-bond acceptors (Lipinski definition) is 4. The van der Waals surface area contributed by atoms with Gasteiger partial charge in [0.05, 0.1) is 17.1 Å². The van der Waals surface area contributed by atoms with E-state index in [0.29, 0.717) is 23.0 Å². The van der Waals surface area contributed by atoms with Crippen molar-refractivity contribution in [2.75, 3.05) is 12.4 Å². The number of aromatic nitrogens is 1. The number of anilines is 2. The molecule has 0 aliphatic carbocycles. The number of oxazole rings is 1. The Bertz CT molecular complexity index is 829. The Balaban J connectivity index is 1.86. The van der Waals surface area contributed by atoms with Crippen LogP contribution in [0.15, 0.2) is 46.9 Å². The number of likely N-dealkylation sites (N-methyl/N-ethyl adjacent to an activating group) is 1. The first-order chi connectivity index (χ1) is 10.7. The van der Waals surface area contributed by atoms with Gasteiger partial charge in [0.25, 0.3) is 6.01 Å². The molecule has 0 aliphatic rings. The third-order valence-electron chi connectivity index (χ3n) is 3.21. The van der Waals surface area contributed by atoms with Gasteiger partial charge in [-0.3, -0.25) is 4.79 Å². The van der Waals surface area contributed by atoms with Crippen molar-refractivity contribution in [2.45, 2.75) is 6.42 Å². The quantitative estimate of drug-likeness (QED) is 0.773. The zero-order valence-electron chi connectivity index (χ0n) is 11.9. The molecule has 3 aromatic rings. The Morgan fingerprint density at radius 1 is 1.27 bits per heavy atom. The van der Waals surface area contributed by atoms with E-state index in [9.17, 15) is 4.79 Å². The topological polar surface area (TPSA) is 67.2 Å².